The van der Waals surface area contributed by atoms with Gasteiger partial charge in [-0.25, -0.2) is 9.37 Å². The average molecular weight is 257 g/mol. The fraction of sp³-hybridized carbons (Fsp3) is 0. The Morgan fingerprint density at radius 3 is 2.84 bits per heavy atom. The summed E-state index contributed by atoms with van der Waals surface area (Å²) in [4.78, 5) is 19.8. The van der Waals surface area contributed by atoms with Crippen molar-refractivity contribution in [1.29, 1.82) is 0 Å². The number of pyridine rings is 1. The van der Waals surface area contributed by atoms with E-state index in [0.717, 1.165) is 4.68 Å². The van der Waals surface area contributed by atoms with Crippen molar-refractivity contribution in [1.82, 2.24) is 19.7 Å². The highest BCUT2D eigenvalue weighted by Crippen LogP contribution is 2.15. The Hall–Kier alpha value is -2.83. The molecule has 7 heteroatoms. The molecule has 0 spiro atoms. The number of hydrogen-bond acceptors (Lipinski definition) is 5. The minimum absolute atomic E-state index is 0.00754. The fourth-order valence-corrected chi connectivity index (χ4v) is 1.73. The number of carbonyl (C=O) groups is 1. The Morgan fingerprint density at radius 2 is 2.11 bits per heavy atom. The number of aromatic nitrogens is 4. The van der Waals surface area contributed by atoms with Gasteiger partial charge in [0, 0.05) is 11.6 Å². The normalized spacial score (nSPS) is 10.8. The lowest BCUT2D eigenvalue weighted by Gasteiger charge is -2.02. The molecule has 0 aliphatic carbocycles. The van der Waals surface area contributed by atoms with Crippen molar-refractivity contribution in [3.05, 3.63) is 48.2 Å². The molecule has 1 aromatic carbocycles. The maximum Gasteiger partial charge on any atom is 0.281 e. The van der Waals surface area contributed by atoms with Crippen LogP contribution in [0.2, 0.25) is 0 Å². The zero-order chi connectivity index (χ0) is 13.4. The quantitative estimate of drug-likeness (QED) is 0.708. The van der Waals surface area contributed by atoms with Crippen LogP contribution in [0.3, 0.4) is 0 Å². The van der Waals surface area contributed by atoms with Crippen molar-refractivity contribution in [3.8, 4) is 0 Å². The topological polar surface area (TPSA) is 86.7 Å². The molecule has 3 aromatic rings. The zero-order valence-electron chi connectivity index (χ0n) is 9.62. The summed E-state index contributed by atoms with van der Waals surface area (Å²) in [5.74, 6) is -0.806. The summed E-state index contributed by atoms with van der Waals surface area (Å²) in [6.07, 6.45) is 2.62. The number of nitrogens with zero attached hydrogens (tertiary/aromatic N) is 4. The predicted molar refractivity (Wildman–Crippen MR) is 65.9 cm³/mol. The molecule has 0 saturated carbocycles. The van der Waals surface area contributed by atoms with E-state index in [1.54, 1.807) is 12.1 Å². The van der Waals surface area contributed by atoms with Crippen LogP contribution in [0, 0.1) is 5.82 Å². The van der Waals surface area contributed by atoms with Crippen LogP contribution >= 0.6 is 0 Å². The van der Waals surface area contributed by atoms with Gasteiger partial charge < -0.3 is 5.73 Å². The summed E-state index contributed by atoms with van der Waals surface area (Å²) in [6.45, 7) is 0. The number of rotatable bonds is 1. The largest absolute Gasteiger partial charge is 0.366 e. The van der Waals surface area contributed by atoms with E-state index >= 15 is 0 Å². The van der Waals surface area contributed by atoms with E-state index in [2.05, 4.69) is 15.1 Å². The number of hydrogen-bond donors (Lipinski definition) is 1. The third kappa shape index (κ3) is 2.01. The van der Waals surface area contributed by atoms with Gasteiger partial charge in [-0.05, 0) is 24.3 Å². The molecule has 94 valence electrons. The van der Waals surface area contributed by atoms with Crippen molar-refractivity contribution in [2.45, 2.75) is 0 Å². The van der Waals surface area contributed by atoms with Gasteiger partial charge in [0.2, 0.25) is 5.95 Å². The van der Waals surface area contributed by atoms with E-state index < -0.39 is 5.91 Å². The third-order valence-corrected chi connectivity index (χ3v) is 2.61. The Balaban J connectivity index is 2.07. The first-order chi connectivity index (χ1) is 9.13. The first-order valence-electron chi connectivity index (χ1n) is 5.40. The second kappa shape index (κ2) is 4.13. The van der Waals surface area contributed by atoms with Crippen LogP contribution in [0.4, 0.5) is 10.3 Å². The molecule has 0 aliphatic heterocycles. The standard InChI is InChI=1S/C12H8FN5O/c13-9-1-2-10-7(4-9)3-8(5-15-10)11(19)18-6-16-12(14)17-18/h1-6H,(H2,14,17). The summed E-state index contributed by atoms with van der Waals surface area (Å²) in [5.41, 5.74) is 6.23. The van der Waals surface area contributed by atoms with E-state index in [9.17, 15) is 9.18 Å². The number of carbonyl (C=O) groups excluding carboxylic acids is 1. The molecule has 19 heavy (non-hydrogen) atoms. The smallest absolute Gasteiger partial charge is 0.281 e. The van der Waals surface area contributed by atoms with E-state index in [1.807, 2.05) is 0 Å². The lowest BCUT2D eigenvalue weighted by Crippen LogP contribution is -2.13. The SMILES string of the molecule is Nc1ncn(C(=O)c2cnc3ccc(F)cc3c2)n1. The molecule has 2 N–H and O–H groups in total. The molecule has 0 bridgehead atoms. The van der Waals surface area contributed by atoms with Gasteiger partial charge in [-0.1, -0.05) is 0 Å². The molecule has 0 radical (unpaired) electrons. The maximum atomic E-state index is 13.1. The van der Waals surface area contributed by atoms with Crippen molar-refractivity contribution in [2.24, 2.45) is 0 Å². The third-order valence-electron chi connectivity index (χ3n) is 2.61. The van der Waals surface area contributed by atoms with Crippen molar-refractivity contribution in [2.75, 3.05) is 5.73 Å². The lowest BCUT2D eigenvalue weighted by atomic mass is 10.1. The lowest BCUT2D eigenvalue weighted by molar-refractivity contribution is 0.0945. The molecular formula is C12H8FN5O. The Bertz CT molecular complexity index is 783. The van der Waals surface area contributed by atoms with Crippen molar-refractivity contribution in [3.63, 3.8) is 0 Å². The second-order valence-corrected chi connectivity index (χ2v) is 3.91. The highest BCUT2D eigenvalue weighted by Gasteiger charge is 2.11. The Labute approximate surface area is 106 Å². The van der Waals surface area contributed by atoms with Gasteiger partial charge in [0.25, 0.3) is 5.91 Å². The van der Waals surface area contributed by atoms with Gasteiger partial charge in [-0.3, -0.25) is 9.78 Å². The molecule has 0 atom stereocenters. The molecule has 2 heterocycles. The van der Waals surface area contributed by atoms with Gasteiger partial charge in [0.1, 0.15) is 12.1 Å². The molecule has 2 aromatic heterocycles. The molecule has 3 rings (SSSR count). The van der Waals surface area contributed by atoms with Crippen LogP contribution in [0.25, 0.3) is 10.9 Å². The number of nitrogens with two attached hydrogens (primary N) is 1. The molecule has 0 saturated heterocycles. The molecule has 0 aliphatic rings. The predicted octanol–water partition coefficient (Wildman–Crippen LogP) is 1.24. The van der Waals surface area contributed by atoms with E-state index in [4.69, 9.17) is 5.73 Å². The van der Waals surface area contributed by atoms with E-state index in [1.165, 1.54) is 24.7 Å². The first kappa shape index (κ1) is 11.3. The second-order valence-electron chi connectivity index (χ2n) is 3.91. The van der Waals surface area contributed by atoms with Gasteiger partial charge in [0.15, 0.2) is 0 Å². The van der Waals surface area contributed by atoms with E-state index in [0.29, 0.717) is 10.9 Å². The van der Waals surface area contributed by atoms with Crippen molar-refractivity contribution >= 4 is 22.8 Å². The number of benzene rings is 1. The zero-order valence-corrected chi connectivity index (χ0v) is 9.62. The van der Waals surface area contributed by atoms with Gasteiger partial charge >= 0.3 is 0 Å². The van der Waals surface area contributed by atoms with Crippen molar-refractivity contribution < 1.29 is 9.18 Å². The molecule has 0 fully saturated rings. The minimum atomic E-state index is -0.428. The maximum absolute atomic E-state index is 13.1. The fourth-order valence-electron chi connectivity index (χ4n) is 1.73. The highest BCUT2D eigenvalue weighted by atomic mass is 19.1. The number of nitrogen functional groups attached to an aromatic ring is 1. The number of halogens is 1. The summed E-state index contributed by atoms with van der Waals surface area (Å²) >= 11 is 0. The molecular weight excluding hydrogens is 249 g/mol. The molecule has 0 amide bonds. The van der Waals surface area contributed by atoms with Crippen LogP contribution in [-0.4, -0.2) is 25.7 Å². The summed E-state index contributed by atoms with van der Waals surface area (Å²) < 4.78 is 14.2. The highest BCUT2D eigenvalue weighted by molar-refractivity contribution is 5.98. The van der Waals surface area contributed by atoms with E-state index in [-0.39, 0.29) is 17.3 Å². The first-order valence-corrected chi connectivity index (χ1v) is 5.40. The van der Waals surface area contributed by atoms with Gasteiger partial charge in [0.05, 0.1) is 11.1 Å². The number of fused-ring (bicyclic) bond motifs is 1. The molecule has 6 nitrogen and oxygen atoms in total. The summed E-state index contributed by atoms with van der Waals surface area (Å²) in [6, 6.07) is 5.72. The van der Waals surface area contributed by atoms with Crippen LogP contribution in [0.1, 0.15) is 10.4 Å². The van der Waals surface area contributed by atoms with Crippen LogP contribution in [0.15, 0.2) is 36.8 Å². The Morgan fingerprint density at radius 1 is 1.26 bits per heavy atom. The van der Waals surface area contributed by atoms with Crippen LogP contribution in [0.5, 0.6) is 0 Å². The summed E-state index contributed by atoms with van der Waals surface area (Å²) in [5, 5.41) is 4.26. The molecule has 0 unspecified atom stereocenters. The van der Waals surface area contributed by atoms with Gasteiger partial charge in [-0.15, -0.1) is 5.10 Å². The minimum Gasteiger partial charge on any atom is -0.366 e. The number of anilines is 1. The van der Waals surface area contributed by atoms with Gasteiger partial charge in [-0.2, -0.15) is 4.68 Å². The summed E-state index contributed by atoms with van der Waals surface area (Å²) in [7, 11) is 0. The average Bonchev–Trinajstić information content (AvgIpc) is 2.83. The monoisotopic (exact) mass is 257 g/mol. The van der Waals surface area contributed by atoms with Crippen LogP contribution in [-0.2, 0) is 0 Å². The van der Waals surface area contributed by atoms with Crippen LogP contribution < -0.4 is 5.73 Å². The Kier molecular flexibility index (Phi) is 2.45.